The summed E-state index contributed by atoms with van der Waals surface area (Å²) in [7, 11) is 0. The first-order valence-electron chi connectivity index (χ1n) is 7.37. The lowest BCUT2D eigenvalue weighted by Gasteiger charge is -2.45. The Labute approximate surface area is 115 Å². The number of nitrogens with zero attached hydrogens (tertiary/aromatic N) is 1. The zero-order valence-electron chi connectivity index (χ0n) is 12.1. The molecule has 1 fully saturated rings. The summed E-state index contributed by atoms with van der Waals surface area (Å²) in [6, 6.07) is 10.1. The maximum atomic E-state index is 5.87. The molecule has 19 heavy (non-hydrogen) atoms. The number of hydrogen-bond acceptors (Lipinski definition) is 3. The van der Waals surface area contributed by atoms with Gasteiger partial charge in [-0.3, -0.25) is 4.90 Å². The van der Waals surface area contributed by atoms with E-state index in [0.29, 0.717) is 24.0 Å². The van der Waals surface area contributed by atoms with Crippen molar-refractivity contribution in [3.05, 3.63) is 29.8 Å². The summed E-state index contributed by atoms with van der Waals surface area (Å²) in [6.45, 7) is 9.92. The highest BCUT2D eigenvalue weighted by atomic mass is 16.5. The Balaban J connectivity index is 1.90. The lowest BCUT2D eigenvalue weighted by molar-refractivity contribution is 0.0557. The number of rotatable bonds is 1. The molecular formula is C16H24N2O. The van der Waals surface area contributed by atoms with Gasteiger partial charge in [0.05, 0.1) is 6.61 Å². The van der Waals surface area contributed by atoms with Crippen LogP contribution < -0.4 is 10.1 Å². The van der Waals surface area contributed by atoms with E-state index in [1.165, 1.54) is 5.56 Å². The highest BCUT2D eigenvalue weighted by Crippen LogP contribution is 2.39. The predicted molar refractivity (Wildman–Crippen MR) is 77.5 cm³/mol. The quantitative estimate of drug-likeness (QED) is 0.839. The van der Waals surface area contributed by atoms with Gasteiger partial charge in [0, 0.05) is 42.7 Å². The molecule has 4 unspecified atom stereocenters. The first-order valence-corrected chi connectivity index (χ1v) is 7.37. The van der Waals surface area contributed by atoms with E-state index < -0.39 is 0 Å². The molecule has 0 radical (unpaired) electrons. The van der Waals surface area contributed by atoms with Crippen molar-refractivity contribution in [1.29, 1.82) is 0 Å². The van der Waals surface area contributed by atoms with E-state index in [0.717, 1.165) is 25.4 Å². The molecule has 1 aromatic rings. The zero-order valence-corrected chi connectivity index (χ0v) is 12.1. The van der Waals surface area contributed by atoms with Crippen molar-refractivity contribution >= 4 is 0 Å². The Morgan fingerprint density at radius 1 is 1.11 bits per heavy atom. The minimum atomic E-state index is 0.497. The molecule has 3 rings (SSSR count). The molecule has 2 aliphatic rings. The van der Waals surface area contributed by atoms with Gasteiger partial charge in [0.2, 0.25) is 0 Å². The number of ether oxygens (including phenoxy) is 1. The molecule has 3 heteroatoms. The van der Waals surface area contributed by atoms with E-state index in [1.54, 1.807) is 0 Å². The van der Waals surface area contributed by atoms with Gasteiger partial charge < -0.3 is 10.1 Å². The van der Waals surface area contributed by atoms with E-state index in [4.69, 9.17) is 4.74 Å². The van der Waals surface area contributed by atoms with E-state index in [-0.39, 0.29) is 0 Å². The van der Waals surface area contributed by atoms with Gasteiger partial charge in [0.15, 0.2) is 0 Å². The van der Waals surface area contributed by atoms with E-state index in [9.17, 15) is 0 Å². The normalized spacial score (nSPS) is 35.5. The van der Waals surface area contributed by atoms with Gasteiger partial charge in [-0.2, -0.15) is 0 Å². The minimum Gasteiger partial charge on any atom is -0.493 e. The van der Waals surface area contributed by atoms with Gasteiger partial charge >= 0.3 is 0 Å². The van der Waals surface area contributed by atoms with Gasteiger partial charge in [-0.15, -0.1) is 0 Å². The fraction of sp³-hybridized carbons (Fsp3) is 0.625. The van der Waals surface area contributed by atoms with Crippen LogP contribution >= 0.6 is 0 Å². The van der Waals surface area contributed by atoms with Crippen LogP contribution in [0.1, 0.15) is 32.4 Å². The van der Waals surface area contributed by atoms with Crippen molar-refractivity contribution in [2.24, 2.45) is 5.92 Å². The molecule has 2 aliphatic heterocycles. The number of para-hydroxylation sites is 1. The van der Waals surface area contributed by atoms with Crippen molar-refractivity contribution in [2.75, 3.05) is 19.7 Å². The van der Waals surface area contributed by atoms with Crippen LogP contribution in [0.3, 0.4) is 0 Å². The summed E-state index contributed by atoms with van der Waals surface area (Å²) in [5.74, 6) is 1.62. The SMILES string of the molecule is CC1CN(C2c3ccccc3OCC2C)CC(C)N1. The smallest absolute Gasteiger partial charge is 0.124 e. The Kier molecular flexibility index (Phi) is 3.50. The van der Waals surface area contributed by atoms with Crippen LogP contribution in [0.2, 0.25) is 0 Å². The van der Waals surface area contributed by atoms with Crippen molar-refractivity contribution in [1.82, 2.24) is 10.2 Å². The number of nitrogens with one attached hydrogen (secondary N) is 1. The molecule has 1 aromatic carbocycles. The van der Waals surface area contributed by atoms with Crippen LogP contribution in [0.15, 0.2) is 24.3 Å². The summed E-state index contributed by atoms with van der Waals surface area (Å²) in [5, 5.41) is 3.61. The monoisotopic (exact) mass is 260 g/mol. The Bertz CT molecular complexity index is 438. The minimum absolute atomic E-state index is 0.497. The third-order valence-electron chi connectivity index (χ3n) is 4.26. The third kappa shape index (κ3) is 2.49. The second-order valence-corrected chi connectivity index (χ2v) is 6.19. The molecule has 104 valence electrons. The molecule has 0 bridgehead atoms. The van der Waals surface area contributed by atoms with Gasteiger partial charge in [0.1, 0.15) is 5.75 Å². The molecule has 0 aromatic heterocycles. The summed E-state index contributed by atoms with van der Waals surface area (Å²) < 4.78 is 5.87. The van der Waals surface area contributed by atoms with Gasteiger partial charge in [0.25, 0.3) is 0 Å². The number of hydrogen-bond donors (Lipinski definition) is 1. The van der Waals surface area contributed by atoms with Crippen LogP contribution in [0.25, 0.3) is 0 Å². The Hall–Kier alpha value is -1.06. The molecule has 1 saturated heterocycles. The molecule has 0 amide bonds. The van der Waals surface area contributed by atoms with E-state index in [2.05, 4.69) is 55.3 Å². The van der Waals surface area contributed by atoms with E-state index >= 15 is 0 Å². The largest absolute Gasteiger partial charge is 0.493 e. The maximum Gasteiger partial charge on any atom is 0.124 e. The average molecular weight is 260 g/mol. The molecule has 3 nitrogen and oxygen atoms in total. The Morgan fingerprint density at radius 2 is 1.79 bits per heavy atom. The summed E-state index contributed by atoms with van der Waals surface area (Å²) in [4.78, 5) is 2.64. The summed E-state index contributed by atoms with van der Waals surface area (Å²) in [5.41, 5.74) is 1.36. The van der Waals surface area contributed by atoms with Gasteiger partial charge in [-0.1, -0.05) is 25.1 Å². The summed E-state index contributed by atoms with van der Waals surface area (Å²) in [6.07, 6.45) is 0. The van der Waals surface area contributed by atoms with Gasteiger partial charge in [-0.25, -0.2) is 0 Å². The topological polar surface area (TPSA) is 24.5 Å². The second-order valence-electron chi connectivity index (χ2n) is 6.19. The van der Waals surface area contributed by atoms with Crippen molar-refractivity contribution in [3.8, 4) is 5.75 Å². The number of benzene rings is 1. The lowest BCUT2D eigenvalue weighted by atomic mass is 9.89. The molecule has 4 atom stereocenters. The van der Waals surface area contributed by atoms with Crippen LogP contribution in [0.4, 0.5) is 0 Å². The Morgan fingerprint density at radius 3 is 2.53 bits per heavy atom. The van der Waals surface area contributed by atoms with Crippen molar-refractivity contribution in [2.45, 2.75) is 38.9 Å². The molecule has 0 aliphatic carbocycles. The van der Waals surface area contributed by atoms with Gasteiger partial charge in [-0.05, 0) is 19.9 Å². The molecule has 0 spiro atoms. The third-order valence-corrected chi connectivity index (χ3v) is 4.26. The lowest BCUT2D eigenvalue weighted by Crippen LogP contribution is -2.56. The van der Waals surface area contributed by atoms with Crippen LogP contribution in [-0.2, 0) is 0 Å². The maximum absolute atomic E-state index is 5.87. The zero-order chi connectivity index (χ0) is 13.4. The molecule has 1 N–H and O–H groups in total. The first-order chi connectivity index (χ1) is 9.15. The fourth-order valence-corrected chi connectivity index (χ4v) is 3.63. The average Bonchev–Trinajstić information content (AvgIpc) is 2.37. The number of piperazine rings is 1. The first kappa shape index (κ1) is 12.9. The van der Waals surface area contributed by atoms with Crippen LogP contribution in [0.5, 0.6) is 5.75 Å². The standard InChI is InChI=1S/C16H24N2O/c1-11-10-19-15-7-5-4-6-14(15)16(11)18-8-12(2)17-13(3)9-18/h4-7,11-13,16-17H,8-10H2,1-3H3. The molecular weight excluding hydrogens is 236 g/mol. The van der Waals surface area contributed by atoms with Crippen LogP contribution in [0, 0.1) is 5.92 Å². The number of fused-ring (bicyclic) bond motifs is 1. The highest BCUT2D eigenvalue weighted by Gasteiger charge is 2.35. The van der Waals surface area contributed by atoms with E-state index in [1.807, 2.05) is 0 Å². The molecule has 0 saturated carbocycles. The fourth-order valence-electron chi connectivity index (χ4n) is 3.63. The van der Waals surface area contributed by atoms with Crippen molar-refractivity contribution < 1.29 is 4.74 Å². The highest BCUT2D eigenvalue weighted by molar-refractivity contribution is 5.38. The summed E-state index contributed by atoms with van der Waals surface area (Å²) >= 11 is 0. The second kappa shape index (κ2) is 5.14. The predicted octanol–water partition coefficient (Wildman–Crippen LogP) is 2.44. The van der Waals surface area contributed by atoms with Crippen LogP contribution in [-0.4, -0.2) is 36.7 Å². The van der Waals surface area contributed by atoms with Crippen molar-refractivity contribution in [3.63, 3.8) is 0 Å². The molecule has 2 heterocycles.